The van der Waals surface area contributed by atoms with E-state index in [1.165, 1.54) is 31.2 Å². The smallest absolute Gasteiger partial charge is 0.248 e. The van der Waals surface area contributed by atoms with Crippen molar-refractivity contribution in [3.8, 4) is 0 Å². The Balaban J connectivity index is 1.67. The van der Waals surface area contributed by atoms with Gasteiger partial charge in [-0.25, -0.2) is 4.99 Å². The summed E-state index contributed by atoms with van der Waals surface area (Å²) >= 11 is 0. The number of carbonyl (C=O) groups is 1. The molecule has 1 fully saturated rings. The largest absolute Gasteiger partial charge is 0.366 e. The van der Waals surface area contributed by atoms with Gasteiger partial charge in [0.1, 0.15) is 0 Å². The van der Waals surface area contributed by atoms with Crippen LogP contribution in [-0.4, -0.2) is 18.4 Å². The average Bonchev–Trinajstić information content (AvgIpc) is 3.19. The zero-order valence-electron chi connectivity index (χ0n) is 15.9. The van der Waals surface area contributed by atoms with Gasteiger partial charge in [-0.15, -0.1) is 0 Å². The van der Waals surface area contributed by atoms with Crippen LogP contribution in [0.25, 0.3) is 0 Å². The van der Waals surface area contributed by atoms with E-state index in [0.717, 1.165) is 29.7 Å². The third-order valence-electron chi connectivity index (χ3n) is 5.01. The highest BCUT2D eigenvalue weighted by atomic mass is 16.1. The molecule has 3 rings (SSSR count). The lowest BCUT2D eigenvalue weighted by molar-refractivity contribution is 0.100. The maximum atomic E-state index is 11.2. The van der Waals surface area contributed by atoms with Crippen molar-refractivity contribution < 1.29 is 4.79 Å². The number of primary amides is 1. The van der Waals surface area contributed by atoms with Crippen molar-refractivity contribution in [1.82, 2.24) is 5.32 Å². The molecule has 0 bridgehead atoms. The molecule has 142 valence electrons. The number of amides is 1. The minimum atomic E-state index is -0.412. The second-order valence-electron chi connectivity index (χ2n) is 7.25. The van der Waals surface area contributed by atoms with Crippen molar-refractivity contribution in [1.29, 1.82) is 0 Å². The van der Waals surface area contributed by atoms with Gasteiger partial charge in [-0.05, 0) is 55.5 Å². The van der Waals surface area contributed by atoms with Gasteiger partial charge in [0.2, 0.25) is 5.91 Å². The summed E-state index contributed by atoms with van der Waals surface area (Å²) in [4.78, 5) is 15.9. The van der Waals surface area contributed by atoms with E-state index in [1.807, 2.05) is 12.1 Å². The summed E-state index contributed by atoms with van der Waals surface area (Å²) in [5.74, 6) is 1.10. The first-order valence-electron chi connectivity index (χ1n) is 9.61. The number of aryl methyl sites for hydroxylation is 1. The van der Waals surface area contributed by atoms with Gasteiger partial charge >= 0.3 is 0 Å². The minimum absolute atomic E-state index is 0.412. The lowest BCUT2D eigenvalue weighted by Crippen LogP contribution is -2.34. The van der Waals surface area contributed by atoms with Gasteiger partial charge < -0.3 is 16.4 Å². The fourth-order valence-corrected chi connectivity index (χ4v) is 3.31. The predicted octanol–water partition coefficient (Wildman–Crippen LogP) is 3.84. The van der Waals surface area contributed by atoms with Gasteiger partial charge in [0.25, 0.3) is 0 Å². The summed E-state index contributed by atoms with van der Waals surface area (Å²) in [6, 6.07) is 15.6. The molecule has 2 aromatic rings. The molecule has 1 aliphatic carbocycles. The van der Waals surface area contributed by atoms with Gasteiger partial charge in [0, 0.05) is 17.8 Å². The molecule has 0 saturated heterocycles. The molecule has 0 aliphatic heterocycles. The zero-order chi connectivity index (χ0) is 19.1. The van der Waals surface area contributed by atoms with Crippen LogP contribution in [0.1, 0.15) is 47.2 Å². The van der Waals surface area contributed by atoms with Gasteiger partial charge in [0.15, 0.2) is 5.96 Å². The van der Waals surface area contributed by atoms with E-state index in [0.29, 0.717) is 12.1 Å². The molecule has 1 amide bonds. The highest BCUT2D eigenvalue weighted by molar-refractivity contribution is 5.94. The number of anilines is 1. The van der Waals surface area contributed by atoms with Gasteiger partial charge in [-0.3, -0.25) is 4.79 Å². The molecule has 0 unspecified atom stereocenters. The number of nitrogens with zero attached hydrogens (tertiary/aromatic N) is 1. The number of guanidine groups is 1. The van der Waals surface area contributed by atoms with Gasteiger partial charge in [-0.2, -0.15) is 0 Å². The van der Waals surface area contributed by atoms with E-state index in [9.17, 15) is 4.79 Å². The predicted molar refractivity (Wildman–Crippen MR) is 111 cm³/mol. The maximum absolute atomic E-state index is 11.2. The average molecular weight is 364 g/mol. The van der Waals surface area contributed by atoms with E-state index >= 15 is 0 Å². The second-order valence-corrected chi connectivity index (χ2v) is 7.25. The molecule has 0 spiro atoms. The molecule has 0 aromatic heterocycles. The Morgan fingerprint density at radius 2 is 1.74 bits per heavy atom. The molecule has 5 nitrogen and oxygen atoms in total. The Labute approximate surface area is 161 Å². The number of nitrogens with one attached hydrogen (secondary N) is 2. The normalized spacial score (nSPS) is 14.9. The molecule has 1 aliphatic rings. The van der Waals surface area contributed by atoms with Crippen LogP contribution in [0.3, 0.4) is 0 Å². The van der Waals surface area contributed by atoms with Crippen LogP contribution in [0.15, 0.2) is 53.5 Å². The number of hydrogen-bond donors (Lipinski definition) is 3. The first-order valence-corrected chi connectivity index (χ1v) is 9.61. The maximum Gasteiger partial charge on any atom is 0.248 e. The van der Waals surface area contributed by atoms with Crippen molar-refractivity contribution in [2.45, 2.75) is 39.2 Å². The van der Waals surface area contributed by atoms with Crippen LogP contribution in [-0.2, 0) is 6.54 Å². The number of hydrogen-bond acceptors (Lipinski definition) is 2. The van der Waals surface area contributed by atoms with E-state index < -0.39 is 5.91 Å². The van der Waals surface area contributed by atoms with Crippen LogP contribution in [0.5, 0.6) is 0 Å². The minimum Gasteiger partial charge on any atom is -0.366 e. The summed E-state index contributed by atoms with van der Waals surface area (Å²) in [6.45, 7) is 3.55. The molecular weight excluding hydrogens is 336 g/mol. The Hall–Kier alpha value is -2.82. The number of aliphatic imine (C=N–C) groups is 1. The number of nitrogens with two attached hydrogens (primary N) is 1. The number of benzene rings is 2. The monoisotopic (exact) mass is 364 g/mol. The van der Waals surface area contributed by atoms with Crippen LogP contribution in [0.2, 0.25) is 0 Å². The van der Waals surface area contributed by atoms with Crippen molar-refractivity contribution in [2.75, 3.05) is 11.9 Å². The van der Waals surface area contributed by atoms with Crippen molar-refractivity contribution >= 4 is 17.6 Å². The summed E-state index contributed by atoms with van der Waals surface area (Å²) in [6.07, 6.45) is 5.24. The molecule has 0 atom stereocenters. The van der Waals surface area contributed by atoms with E-state index in [1.54, 1.807) is 12.1 Å². The zero-order valence-corrected chi connectivity index (χ0v) is 15.9. The fraction of sp³-hybridized carbons (Fsp3) is 0.364. The van der Waals surface area contributed by atoms with Crippen LogP contribution < -0.4 is 16.4 Å². The third-order valence-corrected chi connectivity index (χ3v) is 5.01. The Kier molecular flexibility index (Phi) is 6.47. The molecule has 0 heterocycles. The van der Waals surface area contributed by atoms with Crippen LogP contribution in [0, 0.1) is 12.8 Å². The Bertz CT molecular complexity index is 775. The topological polar surface area (TPSA) is 79.5 Å². The molecule has 0 radical (unpaired) electrons. The summed E-state index contributed by atoms with van der Waals surface area (Å²) in [5, 5.41) is 6.88. The van der Waals surface area contributed by atoms with E-state index in [2.05, 4.69) is 41.8 Å². The molecule has 4 N–H and O–H groups in total. The molecule has 27 heavy (non-hydrogen) atoms. The number of carbonyl (C=O) groups excluding carboxylic acids is 1. The quantitative estimate of drug-likeness (QED) is 0.538. The van der Waals surface area contributed by atoms with Crippen LogP contribution >= 0.6 is 0 Å². The molecule has 1 saturated carbocycles. The Morgan fingerprint density at radius 3 is 2.37 bits per heavy atom. The van der Waals surface area contributed by atoms with Crippen molar-refractivity contribution in [3.63, 3.8) is 0 Å². The molecule has 2 aromatic carbocycles. The first-order chi connectivity index (χ1) is 13.1. The lowest BCUT2D eigenvalue weighted by Gasteiger charge is -2.16. The van der Waals surface area contributed by atoms with Crippen molar-refractivity contribution in [3.05, 3.63) is 65.2 Å². The SMILES string of the molecule is Cc1ccc(NC(=NCc2ccc(C(N)=O)cc2)NCC2CCCC2)cc1. The highest BCUT2D eigenvalue weighted by Crippen LogP contribution is 2.23. The highest BCUT2D eigenvalue weighted by Gasteiger charge is 2.15. The molecular formula is C22H28N4O. The summed E-state index contributed by atoms with van der Waals surface area (Å²) in [5.41, 5.74) is 9.09. The second kappa shape index (κ2) is 9.21. The summed E-state index contributed by atoms with van der Waals surface area (Å²) in [7, 11) is 0. The first kappa shape index (κ1) is 19.0. The molecule has 5 heteroatoms. The lowest BCUT2D eigenvalue weighted by atomic mass is 10.1. The van der Waals surface area contributed by atoms with E-state index in [4.69, 9.17) is 10.7 Å². The van der Waals surface area contributed by atoms with Crippen molar-refractivity contribution in [2.24, 2.45) is 16.6 Å². The van der Waals surface area contributed by atoms with Gasteiger partial charge in [-0.1, -0.05) is 42.7 Å². The third kappa shape index (κ3) is 5.84. The van der Waals surface area contributed by atoms with E-state index in [-0.39, 0.29) is 0 Å². The number of rotatable bonds is 6. The summed E-state index contributed by atoms with van der Waals surface area (Å²) < 4.78 is 0. The fourth-order valence-electron chi connectivity index (χ4n) is 3.31. The van der Waals surface area contributed by atoms with Gasteiger partial charge in [0.05, 0.1) is 6.54 Å². The standard InChI is InChI=1S/C22H28N4O/c1-16-6-12-20(13-7-16)26-22(24-14-17-4-2-3-5-17)25-15-18-8-10-19(11-9-18)21(23)27/h6-13,17H,2-5,14-15H2,1H3,(H2,23,27)(H2,24,25,26). The van der Waals surface area contributed by atoms with Crippen LogP contribution in [0.4, 0.5) is 5.69 Å². The Morgan fingerprint density at radius 1 is 1.07 bits per heavy atom.